The average Bonchev–Trinajstić information content (AvgIpc) is 3.19. The fourth-order valence-corrected chi connectivity index (χ4v) is 7.26. The van der Waals surface area contributed by atoms with Gasteiger partial charge in [-0.05, 0) is 97.5 Å². The van der Waals surface area contributed by atoms with E-state index in [2.05, 4.69) is 45.3 Å². The van der Waals surface area contributed by atoms with E-state index in [1.165, 1.54) is 17.2 Å². The van der Waals surface area contributed by atoms with Crippen molar-refractivity contribution < 1.29 is 23.2 Å². The number of aryl methyl sites for hydroxylation is 4. The van der Waals surface area contributed by atoms with E-state index < -0.39 is 18.4 Å². The number of hydrogen-bond acceptors (Lipinski definition) is 6. The zero-order valence-corrected chi connectivity index (χ0v) is 30.8. The lowest BCUT2D eigenvalue weighted by molar-refractivity contribution is -0.120. The monoisotopic (exact) mass is 742 g/mol. The van der Waals surface area contributed by atoms with E-state index in [-0.39, 0.29) is 35.7 Å². The fraction of sp³-hybridized carbons (Fsp3) is 0.279. The first-order chi connectivity index (χ1) is 26.5. The van der Waals surface area contributed by atoms with Gasteiger partial charge in [0.1, 0.15) is 5.69 Å². The van der Waals surface area contributed by atoms with Crippen LogP contribution >= 0.6 is 0 Å². The highest BCUT2D eigenvalue weighted by Crippen LogP contribution is 2.43. The normalized spacial score (nSPS) is 14.1. The van der Waals surface area contributed by atoms with Gasteiger partial charge in [-0.3, -0.25) is 29.6 Å². The highest BCUT2D eigenvalue weighted by atomic mass is 19.3. The molecule has 0 bridgehead atoms. The maximum Gasteiger partial charge on any atom is 0.328 e. The van der Waals surface area contributed by atoms with E-state index in [1.807, 2.05) is 24.3 Å². The molecule has 0 saturated carbocycles. The van der Waals surface area contributed by atoms with Crippen molar-refractivity contribution in [3.8, 4) is 23.0 Å². The molecule has 5 aromatic rings. The third-order valence-corrected chi connectivity index (χ3v) is 10.2. The predicted molar refractivity (Wildman–Crippen MR) is 209 cm³/mol. The summed E-state index contributed by atoms with van der Waals surface area (Å²) in [7, 11) is 1.76. The Morgan fingerprint density at radius 1 is 0.982 bits per heavy atom. The predicted octanol–water partition coefficient (Wildman–Crippen LogP) is 7.11. The van der Waals surface area contributed by atoms with E-state index in [1.54, 1.807) is 48.9 Å². The molecular weight excluding hydrogens is 703 g/mol. The second-order valence-electron chi connectivity index (χ2n) is 13.8. The molecule has 0 atom stereocenters. The third kappa shape index (κ3) is 7.55. The number of halogens is 2. The van der Waals surface area contributed by atoms with Crippen molar-refractivity contribution >= 4 is 45.8 Å². The lowest BCUT2D eigenvalue weighted by atomic mass is 9.91. The quantitative estimate of drug-likeness (QED) is 0.129. The van der Waals surface area contributed by atoms with Crippen LogP contribution in [0.4, 0.5) is 30.6 Å². The molecule has 55 heavy (non-hydrogen) atoms. The van der Waals surface area contributed by atoms with Crippen molar-refractivity contribution in [2.45, 2.75) is 52.4 Å². The minimum absolute atomic E-state index is 0.0657. The van der Waals surface area contributed by atoms with Crippen LogP contribution in [0.15, 0.2) is 77.7 Å². The molecular formula is C43H40F2N6O4. The third-order valence-electron chi connectivity index (χ3n) is 10.2. The van der Waals surface area contributed by atoms with Crippen LogP contribution < -0.4 is 26.0 Å². The summed E-state index contributed by atoms with van der Waals surface area (Å²) in [6.07, 6.45) is 1.56. The summed E-state index contributed by atoms with van der Waals surface area (Å²) >= 11 is 0. The number of urea groups is 1. The summed E-state index contributed by atoms with van der Waals surface area (Å²) < 4.78 is 31.3. The number of rotatable bonds is 8. The van der Waals surface area contributed by atoms with Crippen molar-refractivity contribution in [2.24, 2.45) is 7.05 Å². The van der Waals surface area contributed by atoms with Gasteiger partial charge in [0.15, 0.2) is 0 Å². The molecule has 2 aliphatic heterocycles. The molecule has 1 saturated heterocycles. The molecule has 1 fully saturated rings. The van der Waals surface area contributed by atoms with Crippen LogP contribution in [0.5, 0.6) is 0 Å². The van der Waals surface area contributed by atoms with Gasteiger partial charge in [0.05, 0.1) is 11.2 Å². The first-order valence-corrected chi connectivity index (χ1v) is 18.3. The smallest absolute Gasteiger partial charge is 0.328 e. The lowest BCUT2D eigenvalue weighted by Gasteiger charge is -2.34. The largest absolute Gasteiger partial charge is 0.350 e. The SMILES string of the molecule is CCc1cc(N2CCCc3cc(-c4ccc(C(=O)NCCC#Cc5cccc(N6CCC(=O)NC6=O)c5)nc4)c(C(F)F)cc32)c2cc(C)c(=O)n(C)c2c1. The summed E-state index contributed by atoms with van der Waals surface area (Å²) in [5.41, 5.74) is 7.15. The molecule has 10 nitrogen and oxygen atoms in total. The van der Waals surface area contributed by atoms with Gasteiger partial charge in [0.25, 0.3) is 17.9 Å². The molecule has 2 N–H and O–H groups in total. The molecule has 2 aliphatic rings. The van der Waals surface area contributed by atoms with Crippen LogP contribution in [-0.2, 0) is 24.7 Å². The number of anilines is 3. The van der Waals surface area contributed by atoms with Gasteiger partial charge < -0.3 is 14.8 Å². The van der Waals surface area contributed by atoms with E-state index in [4.69, 9.17) is 0 Å². The first kappa shape index (κ1) is 37.0. The van der Waals surface area contributed by atoms with Gasteiger partial charge >= 0.3 is 6.03 Å². The highest BCUT2D eigenvalue weighted by molar-refractivity contribution is 6.05. The number of fused-ring (bicyclic) bond motifs is 2. The molecule has 2 aromatic heterocycles. The van der Waals surface area contributed by atoms with Crippen LogP contribution in [0.2, 0.25) is 0 Å². The summed E-state index contributed by atoms with van der Waals surface area (Å²) in [5.74, 6) is 5.34. The van der Waals surface area contributed by atoms with Gasteiger partial charge in [-0.15, -0.1) is 0 Å². The first-order valence-electron chi connectivity index (χ1n) is 18.3. The van der Waals surface area contributed by atoms with Crippen LogP contribution in [0.3, 0.4) is 0 Å². The molecule has 12 heteroatoms. The Hall–Kier alpha value is -6.35. The van der Waals surface area contributed by atoms with Gasteiger partial charge in [-0.1, -0.05) is 30.9 Å². The number of nitrogens with one attached hydrogen (secondary N) is 2. The van der Waals surface area contributed by atoms with Crippen LogP contribution in [0, 0.1) is 18.8 Å². The highest BCUT2D eigenvalue weighted by Gasteiger charge is 2.27. The number of pyridine rings is 2. The number of benzene rings is 3. The second-order valence-corrected chi connectivity index (χ2v) is 13.8. The Balaban J connectivity index is 1.06. The van der Waals surface area contributed by atoms with E-state index in [9.17, 15) is 28.0 Å². The number of carbonyl (C=O) groups excluding carboxylic acids is 3. The lowest BCUT2D eigenvalue weighted by Crippen LogP contribution is -2.49. The summed E-state index contributed by atoms with van der Waals surface area (Å²) in [6, 6.07) is 19.3. The van der Waals surface area contributed by atoms with Crippen LogP contribution in [-0.4, -0.2) is 47.0 Å². The zero-order chi connectivity index (χ0) is 38.8. The Bertz CT molecular complexity index is 2470. The number of carbonyl (C=O) groups is 3. The topological polar surface area (TPSA) is 117 Å². The van der Waals surface area contributed by atoms with E-state index >= 15 is 0 Å². The van der Waals surface area contributed by atoms with E-state index in [0.717, 1.165) is 46.2 Å². The minimum atomic E-state index is -2.76. The standard InChI is InChI=1S/C43H40F2N6O4/c1-4-27-21-37-34(19-26(2)42(54)49(37)3)38(22-27)51-17-8-11-29-23-32(33(40(44)45)24-36(29)51)30-13-14-35(47-25-30)41(53)46-16-6-5-9-28-10-7-12-31(20-28)50-18-15-39(52)48-43(50)55/h7,10,12-14,19-25,40H,4,6,8,11,15-18H2,1-3H3,(H,46,53)(H,48,52,55). The molecule has 0 aliphatic carbocycles. The van der Waals surface area contributed by atoms with Gasteiger partial charge in [0.2, 0.25) is 5.91 Å². The Morgan fingerprint density at radius 2 is 1.82 bits per heavy atom. The number of aromatic nitrogens is 2. The minimum Gasteiger partial charge on any atom is -0.350 e. The van der Waals surface area contributed by atoms with Crippen LogP contribution in [0.25, 0.3) is 22.0 Å². The number of amides is 4. The molecule has 280 valence electrons. The Morgan fingerprint density at radius 3 is 2.56 bits per heavy atom. The van der Waals surface area contributed by atoms with Crippen molar-refractivity contribution in [3.05, 3.63) is 117 Å². The average molecular weight is 743 g/mol. The number of hydrogen-bond donors (Lipinski definition) is 2. The zero-order valence-electron chi connectivity index (χ0n) is 30.8. The Labute approximate surface area is 317 Å². The molecule has 0 unspecified atom stereocenters. The van der Waals surface area contributed by atoms with Crippen molar-refractivity contribution in [1.82, 2.24) is 20.2 Å². The van der Waals surface area contributed by atoms with Gasteiger partial charge in [-0.25, -0.2) is 13.6 Å². The Kier molecular flexibility index (Phi) is 10.5. The number of imide groups is 1. The maximum atomic E-state index is 14.8. The molecule has 4 heterocycles. The molecule has 0 radical (unpaired) electrons. The summed E-state index contributed by atoms with van der Waals surface area (Å²) in [4.78, 5) is 57.3. The summed E-state index contributed by atoms with van der Waals surface area (Å²) in [6.45, 7) is 5.04. The molecule has 0 spiro atoms. The molecule has 4 amide bonds. The van der Waals surface area contributed by atoms with Crippen molar-refractivity contribution in [3.63, 3.8) is 0 Å². The van der Waals surface area contributed by atoms with Crippen LogP contribution in [0.1, 0.15) is 70.9 Å². The fourth-order valence-electron chi connectivity index (χ4n) is 7.26. The van der Waals surface area contributed by atoms with Crippen molar-refractivity contribution in [1.29, 1.82) is 0 Å². The number of nitrogens with zero attached hydrogens (tertiary/aromatic N) is 4. The molecule has 7 rings (SSSR count). The van der Waals surface area contributed by atoms with Gasteiger partial charge in [-0.2, -0.15) is 0 Å². The van der Waals surface area contributed by atoms with Crippen molar-refractivity contribution in [2.75, 3.05) is 29.4 Å². The second kappa shape index (κ2) is 15.6. The molecule has 3 aromatic carbocycles. The number of alkyl halides is 2. The maximum absolute atomic E-state index is 14.8. The van der Waals surface area contributed by atoms with E-state index in [0.29, 0.717) is 53.9 Å². The summed E-state index contributed by atoms with van der Waals surface area (Å²) in [5, 5.41) is 6.00. The van der Waals surface area contributed by atoms with Gasteiger partial charge in [0, 0.05) is 84.7 Å².